The Morgan fingerprint density at radius 2 is 0.564 bits per heavy atom. The first-order valence-electron chi connectivity index (χ1n) is 18.7. The smallest absolute Gasteiger partial charge is 0.198 e. The van der Waals surface area contributed by atoms with Gasteiger partial charge in [-0.05, 0) is 12.3 Å². The highest BCUT2D eigenvalue weighted by molar-refractivity contribution is 5.50. The summed E-state index contributed by atoms with van der Waals surface area (Å²) in [5.74, 6) is 1.01. The van der Waals surface area contributed by atoms with Crippen molar-refractivity contribution in [3.8, 4) is 0 Å². The summed E-state index contributed by atoms with van der Waals surface area (Å²) in [6.07, 6.45) is 50.0. The van der Waals surface area contributed by atoms with Crippen molar-refractivity contribution in [2.45, 2.75) is 232 Å². The predicted octanol–water partition coefficient (Wildman–Crippen LogP) is 14.0. The first kappa shape index (κ1) is 38.7. The molecular formula is C38H75O. The van der Waals surface area contributed by atoms with Gasteiger partial charge in [0.05, 0.1) is 0 Å². The van der Waals surface area contributed by atoms with Crippen LogP contribution in [0.2, 0.25) is 0 Å². The van der Waals surface area contributed by atoms with E-state index in [-0.39, 0.29) is 0 Å². The maximum atomic E-state index is 10.2. The number of hydrogen-bond acceptors (Lipinski definition) is 1. The molecule has 0 aromatic rings. The van der Waals surface area contributed by atoms with Gasteiger partial charge in [-0.1, -0.05) is 219 Å². The molecule has 1 atom stereocenters. The van der Waals surface area contributed by atoms with Gasteiger partial charge >= 0.3 is 0 Å². The fourth-order valence-corrected chi connectivity index (χ4v) is 6.32. The second kappa shape index (κ2) is 35.7. The van der Waals surface area contributed by atoms with Gasteiger partial charge in [-0.3, -0.25) is 4.79 Å². The molecule has 0 heterocycles. The van der Waals surface area contributed by atoms with E-state index in [2.05, 4.69) is 13.8 Å². The van der Waals surface area contributed by atoms with Crippen LogP contribution in [-0.4, -0.2) is 6.29 Å². The maximum Gasteiger partial charge on any atom is 0.198 e. The highest BCUT2D eigenvalue weighted by Crippen LogP contribution is 2.25. The van der Waals surface area contributed by atoms with Crippen LogP contribution >= 0.6 is 0 Å². The van der Waals surface area contributed by atoms with Crippen molar-refractivity contribution in [1.82, 2.24) is 0 Å². The zero-order valence-corrected chi connectivity index (χ0v) is 27.5. The van der Waals surface area contributed by atoms with Crippen LogP contribution in [0.25, 0.3) is 0 Å². The van der Waals surface area contributed by atoms with Crippen LogP contribution in [0.15, 0.2) is 0 Å². The average Bonchev–Trinajstić information content (AvgIpc) is 2.95. The lowest BCUT2D eigenvalue weighted by Crippen LogP contribution is -2.01. The van der Waals surface area contributed by atoms with Gasteiger partial charge < -0.3 is 0 Å². The van der Waals surface area contributed by atoms with Crippen LogP contribution in [0, 0.1) is 5.92 Å². The molecule has 39 heavy (non-hydrogen) atoms. The summed E-state index contributed by atoms with van der Waals surface area (Å²) in [5, 5.41) is 0. The number of rotatable bonds is 35. The van der Waals surface area contributed by atoms with Crippen molar-refractivity contribution >= 4 is 6.29 Å². The molecule has 0 spiro atoms. The van der Waals surface area contributed by atoms with Crippen LogP contribution in [-0.2, 0) is 4.79 Å². The lowest BCUT2D eigenvalue weighted by molar-refractivity contribution is 0.365. The molecule has 0 aliphatic carbocycles. The number of unbranched alkanes of at least 4 members (excludes halogenated alkanes) is 28. The quantitative estimate of drug-likeness (QED) is 0.0721. The zero-order chi connectivity index (χ0) is 28.3. The molecule has 1 radical (unpaired) electrons. The molecule has 0 saturated carbocycles. The molecule has 1 unspecified atom stereocenters. The molecule has 0 aliphatic heterocycles. The highest BCUT2D eigenvalue weighted by Gasteiger charge is 2.09. The van der Waals surface area contributed by atoms with E-state index >= 15 is 0 Å². The summed E-state index contributed by atoms with van der Waals surface area (Å²) in [5.41, 5.74) is 0. The van der Waals surface area contributed by atoms with Gasteiger partial charge in [0.15, 0.2) is 6.29 Å². The standard InChI is InChI=1S/C38H75O/c1-3-5-7-9-11-13-16-19-23-27-31-35-38(34-30-26-22-12-10-8-6-4-2)36-32-28-24-20-17-14-15-18-21-25-29-33-37-39/h38H,3-36H2,1-2H3. The van der Waals surface area contributed by atoms with Crippen LogP contribution in [0.3, 0.4) is 0 Å². The fraction of sp³-hybridized carbons (Fsp3) is 0.974. The first-order valence-corrected chi connectivity index (χ1v) is 18.7. The largest absolute Gasteiger partial charge is 0.291 e. The van der Waals surface area contributed by atoms with Crippen LogP contribution < -0.4 is 0 Å². The van der Waals surface area contributed by atoms with Crippen molar-refractivity contribution in [1.29, 1.82) is 0 Å². The van der Waals surface area contributed by atoms with Gasteiger partial charge in [0.2, 0.25) is 0 Å². The number of hydrogen-bond donors (Lipinski definition) is 0. The Bertz CT molecular complexity index is 430. The SMILES string of the molecule is CCCCCCCCCCCCCC(CCCCCCCCCC)CCCCCCCCCCCCC[C]=O. The Morgan fingerprint density at radius 1 is 0.333 bits per heavy atom. The molecule has 1 heteroatoms. The monoisotopic (exact) mass is 548 g/mol. The third kappa shape index (κ3) is 33.8. The minimum absolute atomic E-state index is 0.638. The van der Waals surface area contributed by atoms with Gasteiger partial charge in [-0.25, -0.2) is 0 Å². The van der Waals surface area contributed by atoms with E-state index < -0.39 is 0 Å². The summed E-state index contributed by atoms with van der Waals surface area (Å²) in [6.45, 7) is 4.63. The van der Waals surface area contributed by atoms with E-state index in [1.54, 1.807) is 0 Å². The summed E-state index contributed by atoms with van der Waals surface area (Å²) in [4.78, 5) is 10.2. The molecule has 1 nitrogen and oxygen atoms in total. The van der Waals surface area contributed by atoms with Crippen molar-refractivity contribution in [3.63, 3.8) is 0 Å². The molecule has 0 rings (SSSR count). The van der Waals surface area contributed by atoms with Gasteiger partial charge in [0.25, 0.3) is 0 Å². The topological polar surface area (TPSA) is 17.1 Å². The van der Waals surface area contributed by atoms with Gasteiger partial charge in [0, 0.05) is 6.42 Å². The van der Waals surface area contributed by atoms with E-state index in [9.17, 15) is 4.79 Å². The van der Waals surface area contributed by atoms with Crippen molar-refractivity contribution in [3.05, 3.63) is 0 Å². The Hall–Kier alpha value is -0.330. The molecular weight excluding hydrogens is 472 g/mol. The molecule has 233 valence electrons. The van der Waals surface area contributed by atoms with Crippen LogP contribution in [0.4, 0.5) is 0 Å². The van der Waals surface area contributed by atoms with E-state index in [0.717, 1.165) is 12.3 Å². The minimum atomic E-state index is 0.638. The Labute approximate surface area is 248 Å². The number of carbonyl (C=O) groups excluding carboxylic acids is 1. The van der Waals surface area contributed by atoms with E-state index in [1.165, 1.54) is 205 Å². The Morgan fingerprint density at radius 3 is 0.821 bits per heavy atom. The second-order valence-electron chi connectivity index (χ2n) is 13.0. The third-order valence-corrected chi connectivity index (χ3v) is 9.07. The molecule has 0 fully saturated rings. The van der Waals surface area contributed by atoms with Gasteiger partial charge in [-0.2, -0.15) is 0 Å². The van der Waals surface area contributed by atoms with E-state index in [4.69, 9.17) is 0 Å². The predicted molar refractivity (Wildman–Crippen MR) is 178 cm³/mol. The Balaban J connectivity index is 3.84. The van der Waals surface area contributed by atoms with Crippen LogP contribution in [0.1, 0.15) is 232 Å². The molecule has 0 aliphatic rings. The lowest BCUT2D eigenvalue weighted by atomic mass is 9.89. The summed E-state index contributed by atoms with van der Waals surface area (Å²) in [7, 11) is 0. The molecule has 0 bridgehead atoms. The van der Waals surface area contributed by atoms with Gasteiger partial charge in [-0.15, -0.1) is 0 Å². The first-order chi connectivity index (χ1) is 19.3. The average molecular weight is 548 g/mol. The normalized spacial score (nSPS) is 12.3. The van der Waals surface area contributed by atoms with E-state index in [0.29, 0.717) is 6.42 Å². The van der Waals surface area contributed by atoms with E-state index in [1.807, 2.05) is 6.29 Å². The Kier molecular flexibility index (Phi) is 35.4. The lowest BCUT2D eigenvalue weighted by Gasteiger charge is -2.17. The molecule has 0 amide bonds. The minimum Gasteiger partial charge on any atom is -0.291 e. The fourth-order valence-electron chi connectivity index (χ4n) is 6.32. The van der Waals surface area contributed by atoms with Crippen LogP contribution in [0.5, 0.6) is 0 Å². The highest BCUT2D eigenvalue weighted by atomic mass is 16.1. The molecule has 0 N–H and O–H groups in total. The second-order valence-corrected chi connectivity index (χ2v) is 13.0. The third-order valence-electron chi connectivity index (χ3n) is 9.07. The van der Waals surface area contributed by atoms with Crippen molar-refractivity contribution in [2.75, 3.05) is 0 Å². The summed E-state index contributed by atoms with van der Waals surface area (Å²) < 4.78 is 0. The molecule has 0 aromatic heterocycles. The maximum absolute atomic E-state index is 10.2. The zero-order valence-electron chi connectivity index (χ0n) is 27.5. The van der Waals surface area contributed by atoms with Gasteiger partial charge in [0.1, 0.15) is 0 Å². The van der Waals surface area contributed by atoms with Crippen molar-refractivity contribution < 1.29 is 4.79 Å². The molecule has 0 aromatic carbocycles. The summed E-state index contributed by atoms with van der Waals surface area (Å²) in [6, 6.07) is 0. The molecule has 0 saturated heterocycles. The van der Waals surface area contributed by atoms with Crippen molar-refractivity contribution in [2.24, 2.45) is 5.92 Å². The summed E-state index contributed by atoms with van der Waals surface area (Å²) >= 11 is 0.